The normalized spacial score (nSPS) is 9.18. The van der Waals surface area contributed by atoms with Crippen LogP contribution in [-0.4, -0.2) is 23.3 Å². The Morgan fingerprint density at radius 1 is 0.735 bits per heavy atom. The molecule has 34 heavy (non-hydrogen) atoms. The number of nitrogens with zero attached hydrogens (tertiary/aromatic N) is 2. The minimum atomic E-state index is 0. The predicted octanol–water partition coefficient (Wildman–Crippen LogP) is 2.91. The first kappa shape index (κ1) is 36.1. The van der Waals surface area contributed by atoms with Gasteiger partial charge in [0.15, 0.2) is 0 Å². The van der Waals surface area contributed by atoms with Gasteiger partial charge in [-0.25, -0.2) is 9.13 Å². The highest BCUT2D eigenvalue weighted by Gasteiger charge is 2.06. The number of benzene rings is 2. The molecule has 0 radical (unpaired) electrons. The molecule has 0 spiro atoms. The van der Waals surface area contributed by atoms with Gasteiger partial charge in [-0.1, -0.05) is 0 Å². The van der Waals surface area contributed by atoms with E-state index < -0.39 is 0 Å². The molecule has 1 heterocycles. The quantitative estimate of drug-likeness (QED) is 0.169. The van der Waals surface area contributed by atoms with Gasteiger partial charge in [0.2, 0.25) is 6.33 Å². The zero-order valence-electron chi connectivity index (χ0n) is 18.6. The van der Waals surface area contributed by atoms with Gasteiger partial charge < -0.3 is 37.9 Å². The maximum atomic E-state index is 5.88. The highest BCUT2D eigenvalue weighted by molar-refractivity contribution is 5.86. The third kappa shape index (κ3) is 11.1. The minimum absolute atomic E-state index is 0. The number of ether oxygens (including phenoxy) is 2. The van der Waals surface area contributed by atoms with Crippen LogP contribution in [0.2, 0.25) is 0 Å². The molecule has 0 atom stereocenters. The van der Waals surface area contributed by atoms with Crippen molar-refractivity contribution in [1.29, 1.82) is 0 Å². The van der Waals surface area contributed by atoms with E-state index >= 15 is 0 Å². The summed E-state index contributed by atoms with van der Waals surface area (Å²) in [5.41, 5.74) is 25.8. The lowest BCUT2D eigenvalue weighted by molar-refractivity contribution is -0.696. The molecule has 13 heteroatoms. The number of hydrogen-bond acceptors (Lipinski definition) is 6. The summed E-state index contributed by atoms with van der Waals surface area (Å²) >= 11 is 0. The van der Waals surface area contributed by atoms with E-state index in [4.69, 9.17) is 32.4 Å². The molecule has 1 aromatic heterocycles. The summed E-state index contributed by atoms with van der Waals surface area (Å²) in [6.45, 7) is 2.85. The Morgan fingerprint density at radius 3 is 1.76 bits per heavy atom. The standard InChI is InChI=1S/C21H29N6O2.4ClH.H2O/c22-16-3-5-18(24)20(13-16)28-11-1-7-26-9-10-27(15-26)8-2-12-29-21-14-17(23)4-6-19(21)25;;;;;/h3-6,9-10,13-15H,1-2,7-8,11-12,22-25H2;4*1H;1H2/q+1;;;;;. The molecule has 194 valence electrons. The second kappa shape index (κ2) is 18.0. The van der Waals surface area contributed by atoms with E-state index in [-0.39, 0.29) is 55.1 Å². The fourth-order valence-electron chi connectivity index (χ4n) is 2.91. The van der Waals surface area contributed by atoms with E-state index in [0.717, 1.165) is 25.9 Å². The average molecular weight is 561 g/mol. The van der Waals surface area contributed by atoms with Crippen molar-refractivity contribution < 1.29 is 19.5 Å². The molecule has 3 aromatic rings. The average Bonchev–Trinajstić information content (AvgIpc) is 3.15. The van der Waals surface area contributed by atoms with Crippen molar-refractivity contribution in [2.75, 3.05) is 36.1 Å². The number of aromatic nitrogens is 2. The monoisotopic (exact) mass is 559 g/mol. The molecule has 0 amide bonds. The van der Waals surface area contributed by atoms with E-state index in [2.05, 4.69) is 15.5 Å². The number of rotatable bonds is 10. The van der Waals surface area contributed by atoms with Crippen molar-refractivity contribution in [2.24, 2.45) is 0 Å². The van der Waals surface area contributed by atoms with Crippen molar-refractivity contribution in [3.8, 4) is 11.5 Å². The van der Waals surface area contributed by atoms with Gasteiger partial charge in [0.05, 0.1) is 37.7 Å². The first-order chi connectivity index (χ1) is 14.0. The lowest BCUT2D eigenvalue weighted by Crippen LogP contribution is -2.32. The third-order valence-corrected chi connectivity index (χ3v) is 4.46. The Bertz CT molecular complexity index is 888. The lowest BCUT2D eigenvalue weighted by atomic mass is 10.2. The molecule has 0 bridgehead atoms. The zero-order valence-corrected chi connectivity index (χ0v) is 21.9. The van der Waals surface area contributed by atoms with Crippen LogP contribution in [-0.2, 0) is 13.1 Å². The molecule has 10 N–H and O–H groups in total. The van der Waals surface area contributed by atoms with Gasteiger partial charge in [-0.15, -0.1) is 49.6 Å². The number of aryl methyl sites for hydroxylation is 2. The fourth-order valence-corrected chi connectivity index (χ4v) is 2.91. The van der Waals surface area contributed by atoms with Gasteiger partial charge in [0.25, 0.3) is 0 Å². The zero-order chi connectivity index (χ0) is 20.6. The number of imidazole rings is 1. The van der Waals surface area contributed by atoms with Gasteiger partial charge in [0.1, 0.15) is 23.9 Å². The summed E-state index contributed by atoms with van der Waals surface area (Å²) in [5, 5.41) is 0. The third-order valence-electron chi connectivity index (χ3n) is 4.46. The molecule has 0 aliphatic heterocycles. The predicted molar refractivity (Wildman–Crippen MR) is 148 cm³/mol. The summed E-state index contributed by atoms with van der Waals surface area (Å²) in [5.74, 6) is 1.27. The number of nitrogen functional groups attached to an aromatic ring is 4. The highest BCUT2D eigenvalue weighted by atomic mass is 35.5. The van der Waals surface area contributed by atoms with Gasteiger partial charge in [0, 0.05) is 36.3 Å². The maximum absolute atomic E-state index is 5.88. The smallest absolute Gasteiger partial charge is 0.243 e. The molecule has 0 unspecified atom stereocenters. The SMILES string of the molecule is Cl.Cl.Cl.Cl.Nc1ccc(N)c(OCCCn2cc[n+](CCCOc3cc(N)ccc3N)c2)c1.O. The van der Waals surface area contributed by atoms with Crippen LogP contribution in [0.3, 0.4) is 0 Å². The molecule has 0 aliphatic rings. The van der Waals surface area contributed by atoms with Crippen LogP contribution in [0.25, 0.3) is 0 Å². The van der Waals surface area contributed by atoms with Crippen LogP contribution in [0.15, 0.2) is 55.1 Å². The number of hydrogen-bond donors (Lipinski definition) is 4. The van der Waals surface area contributed by atoms with Gasteiger partial charge in [-0.2, -0.15) is 0 Å². The first-order valence-electron chi connectivity index (χ1n) is 9.61. The Balaban J connectivity index is -0.00000192. The minimum Gasteiger partial charge on any atom is -0.491 e. The van der Waals surface area contributed by atoms with Crippen LogP contribution in [0.1, 0.15) is 12.8 Å². The summed E-state index contributed by atoms with van der Waals surface area (Å²) in [6, 6.07) is 10.5. The van der Waals surface area contributed by atoms with Crippen molar-refractivity contribution in [2.45, 2.75) is 25.9 Å². The molecule has 9 nitrogen and oxygen atoms in total. The van der Waals surface area contributed by atoms with Crippen molar-refractivity contribution in [3.05, 3.63) is 55.1 Å². The summed E-state index contributed by atoms with van der Waals surface area (Å²) in [4.78, 5) is 0. The molecule has 3 rings (SSSR count). The van der Waals surface area contributed by atoms with Gasteiger partial charge in [-0.3, -0.25) is 0 Å². The highest BCUT2D eigenvalue weighted by Crippen LogP contribution is 2.24. The largest absolute Gasteiger partial charge is 0.491 e. The van der Waals surface area contributed by atoms with Crippen molar-refractivity contribution in [3.63, 3.8) is 0 Å². The molecular formula is C21H35Cl4N6O3+. The number of nitrogens with two attached hydrogens (primary N) is 4. The lowest BCUT2D eigenvalue weighted by Gasteiger charge is -2.09. The van der Waals surface area contributed by atoms with Crippen LogP contribution < -0.4 is 37.0 Å². The van der Waals surface area contributed by atoms with Gasteiger partial charge >= 0.3 is 0 Å². The molecule has 2 aromatic carbocycles. The van der Waals surface area contributed by atoms with E-state index in [1.165, 1.54) is 0 Å². The summed E-state index contributed by atoms with van der Waals surface area (Å²) in [6.07, 6.45) is 7.89. The van der Waals surface area contributed by atoms with Crippen LogP contribution >= 0.6 is 49.6 Å². The van der Waals surface area contributed by atoms with Crippen LogP contribution in [0.4, 0.5) is 22.7 Å². The van der Waals surface area contributed by atoms with Gasteiger partial charge in [-0.05, 0) is 24.3 Å². The van der Waals surface area contributed by atoms with Crippen LogP contribution in [0, 0.1) is 0 Å². The van der Waals surface area contributed by atoms with E-state index in [0.29, 0.717) is 47.5 Å². The second-order valence-electron chi connectivity index (χ2n) is 6.89. The van der Waals surface area contributed by atoms with E-state index in [1.807, 2.05) is 12.4 Å². The maximum Gasteiger partial charge on any atom is 0.243 e. The van der Waals surface area contributed by atoms with Crippen LogP contribution in [0.5, 0.6) is 11.5 Å². The summed E-state index contributed by atoms with van der Waals surface area (Å²) < 4.78 is 15.7. The Labute approximate surface area is 224 Å². The topological polar surface area (TPSA) is 163 Å². The molecule has 0 fully saturated rings. The van der Waals surface area contributed by atoms with E-state index in [9.17, 15) is 0 Å². The molecule has 0 saturated heterocycles. The Kier molecular flexibility index (Phi) is 19.1. The molecular weight excluding hydrogens is 526 g/mol. The fraction of sp³-hybridized carbons (Fsp3) is 0.286. The Morgan fingerprint density at radius 2 is 1.24 bits per heavy atom. The number of halogens is 4. The number of anilines is 4. The van der Waals surface area contributed by atoms with Crippen molar-refractivity contribution >= 4 is 72.4 Å². The Hall–Kier alpha value is -2.43. The van der Waals surface area contributed by atoms with E-state index in [1.54, 1.807) is 36.4 Å². The van der Waals surface area contributed by atoms with Crippen molar-refractivity contribution in [1.82, 2.24) is 4.57 Å². The first-order valence-corrected chi connectivity index (χ1v) is 9.61. The molecule has 0 aliphatic carbocycles. The second-order valence-corrected chi connectivity index (χ2v) is 6.89. The molecule has 0 saturated carbocycles. The summed E-state index contributed by atoms with van der Waals surface area (Å²) in [7, 11) is 0.